The van der Waals surface area contributed by atoms with Crippen molar-refractivity contribution in [1.82, 2.24) is 10.3 Å². The highest BCUT2D eigenvalue weighted by atomic mass is 16.5. The number of hydrogen-bond donors (Lipinski definition) is 3. The quantitative estimate of drug-likeness (QED) is 0.403. The van der Waals surface area contributed by atoms with Crippen LogP contribution >= 0.6 is 0 Å². The summed E-state index contributed by atoms with van der Waals surface area (Å²) >= 11 is 0. The zero-order valence-electron chi connectivity index (χ0n) is 17.0. The van der Waals surface area contributed by atoms with Gasteiger partial charge in [0.25, 0.3) is 0 Å². The van der Waals surface area contributed by atoms with E-state index in [1.807, 2.05) is 24.4 Å². The minimum atomic E-state index is -0.267. The van der Waals surface area contributed by atoms with Crippen LogP contribution in [0.3, 0.4) is 0 Å². The van der Waals surface area contributed by atoms with Crippen LogP contribution in [0, 0.1) is 5.41 Å². The first-order valence-electron chi connectivity index (χ1n) is 10.5. The highest BCUT2D eigenvalue weighted by molar-refractivity contribution is 5.24. The summed E-state index contributed by atoms with van der Waals surface area (Å²) in [6, 6.07) is 4.08. The second-order valence-corrected chi connectivity index (χ2v) is 7.71. The molecule has 1 aliphatic rings. The lowest BCUT2D eigenvalue weighted by Crippen LogP contribution is -2.37. The smallest absolute Gasteiger partial charge is 0.0645 e. The molecule has 1 aliphatic carbocycles. The molecular formula is C23H36N2O3. The van der Waals surface area contributed by atoms with Crippen LogP contribution in [-0.4, -0.2) is 54.7 Å². The van der Waals surface area contributed by atoms with E-state index in [2.05, 4.69) is 22.4 Å². The van der Waals surface area contributed by atoms with Crippen molar-refractivity contribution in [2.75, 3.05) is 39.5 Å². The Morgan fingerprint density at radius 2 is 1.96 bits per heavy atom. The molecule has 2 rings (SSSR count). The Balaban J connectivity index is 1.40. The van der Waals surface area contributed by atoms with Crippen LogP contribution in [-0.2, 0) is 11.2 Å². The number of nitrogens with one attached hydrogen (secondary N) is 1. The maximum atomic E-state index is 9.76. The molecule has 1 aromatic rings. The number of rotatable bonds is 15. The van der Waals surface area contributed by atoms with E-state index in [1.165, 1.54) is 18.4 Å². The van der Waals surface area contributed by atoms with Crippen molar-refractivity contribution in [1.29, 1.82) is 0 Å². The normalized spacial score (nSPS) is 19.0. The molecule has 0 saturated carbocycles. The predicted molar refractivity (Wildman–Crippen MR) is 113 cm³/mol. The van der Waals surface area contributed by atoms with Crippen LogP contribution in [0.15, 0.2) is 48.3 Å². The van der Waals surface area contributed by atoms with Gasteiger partial charge in [-0.05, 0) is 55.9 Å². The largest absolute Gasteiger partial charge is 0.395 e. The zero-order chi connectivity index (χ0) is 19.9. The Labute approximate surface area is 169 Å². The molecule has 0 aliphatic heterocycles. The highest BCUT2D eigenvalue weighted by Gasteiger charge is 2.28. The Morgan fingerprint density at radius 1 is 1.11 bits per heavy atom. The van der Waals surface area contributed by atoms with Crippen molar-refractivity contribution in [3.05, 3.63) is 53.9 Å². The Morgan fingerprint density at radius 3 is 2.75 bits per heavy atom. The molecule has 3 N–H and O–H groups in total. The van der Waals surface area contributed by atoms with Crippen LogP contribution in [0.2, 0.25) is 0 Å². The van der Waals surface area contributed by atoms with Gasteiger partial charge in [0.1, 0.15) is 0 Å². The zero-order valence-corrected chi connectivity index (χ0v) is 17.0. The Hall–Kier alpha value is -1.53. The van der Waals surface area contributed by atoms with Gasteiger partial charge in [0, 0.05) is 37.6 Å². The summed E-state index contributed by atoms with van der Waals surface area (Å²) in [5.41, 5.74) is 1.99. The molecule has 0 bridgehead atoms. The third-order valence-electron chi connectivity index (χ3n) is 5.23. The van der Waals surface area contributed by atoms with Crippen LogP contribution in [0.25, 0.3) is 0 Å². The van der Waals surface area contributed by atoms with Crippen molar-refractivity contribution >= 4 is 0 Å². The van der Waals surface area contributed by atoms with E-state index in [0.29, 0.717) is 0 Å². The summed E-state index contributed by atoms with van der Waals surface area (Å²) in [6.07, 6.45) is 17.1. The van der Waals surface area contributed by atoms with Gasteiger partial charge in [-0.25, -0.2) is 0 Å². The molecule has 5 heteroatoms. The predicted octanol–water partition coefficient (Wildman–Crippen LogP) is 3.04. The van der Waals surface area contributed by atoms with Gasteiger partial charge in [0.2, 0.25) is 0 Å². The lowest BCUT2D eigenvalue weighted by molar-refractivity contribution is 0.127. The maximum absolute atomic E-state index is 9.76. The Kier molecular flexibility index (Phi) is 11.1. The van der Waals surface area contributed by atoms with E-state index in [-0.39, 0.29) is 18.6 Å². The summed E-state index contributed by atoms with van der Waals surface area (Å²) in [5, 5.41) is 22.5. The number of aryl methyl sites for hydroxylation is 1. The molecular weight excluding hydrogens is 352 g/mol. The molecule has 1 aromatic heterocycles. The standard InChI is InChI=1S/C23H36N2O3/c26-18-22-8-5-11-23(16-22,20-27)19-25-12-3-1-2-4-14-28-15-7-10-21-9-6-13-24-17-21/h5-6,8-9,11,13,17,25-27H,1-4,7,10,12,14-16,18-20H2. The first-order valence-corrected chi connectivity index (χ1v) is 10.5. The van der Waals surface area contributed by atoms with Gasteiger partial charge >= 0.3 is 0 Å². The number of hydrogen-bond acceptors (Lipinski definition) is 5. The molecule has 0 fully saturated rings. The molecule has 0 saturated heterocycles. The molecule has 0 amide bonds. The number of allylic oxidation sites excluding steroid dienone is 2. The molecule has 1 atom stereocenters. The lowest BCUT2D eigenvalue weighted by Gasteiger charge is -2.32. The molecule has 0 spiro atoms. The fraction of sp³-hybridized carbons (Fsp3) is 0.609. The first-order chi connectivity index (χ1) is 13.8. The number of nitrogens with zero attached hydrogens (tertiary/aromatic N) is 1. The number of aliphatic hydroxyl groups excluding tert-OH is 2. The number of pyridine rings is 1. The van der Waals surface area contributed by atoms with Crippen molar-refractivity contribution in [2.45, 2.75) is 44.9 Å². The Bertz CT molecular complexity index is 589. The van der Waals surface area contributed by atoms with Gasteiger partial charge in [-0.15, -0.1) is 0 Å². The topological polar surface area (TPSA) is 74.6 Å². The van der Waals surface area contributed by atoms with Crippen molar-refractivity contribution in [2.24, 2.45) is 5.41 Å². The molecule has 1 heterocycles. The van der Waals surface area contributed by atoms with Gasteiger partial charge in [-0.1, -0.05) is 37.1 Å². The van der Waals surface area contributed by atoms with Crippen LogP contribution in [0.5, 0.6) is 0 Å². The highest BCUT2D eigenvalue weighted by Crippen LogP contribution is 2.30. The van der Waals surface area contributed by atoms with E-state index >= 15 is 0 Å². The first kappa shape index (κ1) is 22.8. The molecule has 0 aromatic carbocycles. The molecule has 156 valence electrons. The van der Waals surface area contributed by atoms with Gasteiger partial charge in [-0.3, -0.25) is 4.98 Å². The monoisotopic (exact) mass is 388 g/mol. The fourth-order valence-electron chi connectivity index (χ4n) is 3.52. The van der Waals surface area contributed by atoms with Gasteiger partial charge in [0.15, 0.2) is 0 Å². The average molecular weight is 389 g/mol. The van der Waals surface area contributed by atoms with E-state index < -0.39 is 0 Å². The average Bonchev–Trinajstić information content (AvgIpc) is 2.75. The minimum Gasteiger partial charge on any atom is -0.395 e. The molecule has 28 heavy (non-hydrogen) atoms. The van der Waals surface area contributed by atoms with Crippen molar-refractivity contribution in [3.63, 3.8) is 0 Å². The third kappa shape index (κ3) is 8.65. The van der Waals surface area contributed by atoms with Crippen LogP contribution in [0.4, 0.5) is 0 Å². The van der Waals surface area contributed by atoms with E-state index in [4.69, 9.17) is 4.74 Å². The summed E-state index contributed by atoms with van der Waals surface area (Å²) in [6.45, 7) is 3.54. The SMILES string of the molecule is OCC1=CC=CC(CO)(CNCCCCCCOCCCc2cccnc2)C1. The maximum Gasteiger partial charge on any atom is 0.0645 e. The fourth-order valence-corrected chi connectivity index (χ4v) is 3.52. The summed E-state index contributed by atoms with van der Waals surface area (Å²) in [5.74, 6) is 0. The van der Waals surface area contributed by atoms with Crippen molar-refractivity contribution in [3.8, 4) is 0 Å². The van der Waals surface area contributed by atoms with Gasteiger partial charge in [0.05, 0.1) is 13.2 Å². The van der Waals surface area contributed by atoms with Crippen LogP contribution in [0.1, 0.15) is 44.1 Å². The van der Waals surface area contributed by atoms with Gasteiger partial charge in [-0.2, -0.15) is 0 Å². The van der Waals surface area contributed by atoms with Crippen molar-refractivity contribution < 1.29 is 14.9 Å². The number of ether oxygens (including phenoxy) is 1. The van der Waals surface area contributed by atoms with E-state index in [9.17, 15) is 10.2 Å². The third-order valence-corrected chi connectivity index (χ3v) is 5.23. The summed E-state index contributed by atoms with van der Waals surface area (Å²) in [4.78, 5) is 4.12. The summed E-state index contributed by atoms with van der Waals surface area (Å²) < 4.78 is 5.71. The number of aliphatic hydroxyl groups is 2. The lowest BCUT2D eigenvalue weighted by atomic mass is 9.79. The van der Waals surface area contributed by atoms with E-state index in [1.54, 1.807) is 6.20 Å². The molecule has 0 radical (unpaired) electrons. The number of aromatic nitrogens is 1. The molecule has 5 nitrogen and oxygen atoms in total. The summed E-state index contributed by atoms with van der Waals surface area (Å²) in [7, 11) is 0. The second kappa shape index (κ2) is 13.6. The van der Waals surface area contributed by atoms with E-state index in [0.717, 1.165) is 64.0 Å². The van der Waals surface area contributed by atoms with Gasteiger partial charge < -0.3 is 20.3 Å². The molecule has 1 unspecified atom stereocenters. The second-order valence-electron chi connectivity index (χ2n) is 7.71. The number of unbranched alkanes of at least 4 members (excludes halogenated alkanes) is 3. The van der Waals surface area contributed by atoms with Crippen LogP contribution < -0.4 is 5.32 Å². The minimum absolute atomic E-state index is 0.0671.